The van der Waals surface area contributed by atoms with E-state index in [-0.39, 0.29) is 5.82 Å². The fourth-order valence-corrected chi connectivity index (χ4v) is 13.5. The standard InChI is InChI=1S/C54H39FN2Si/c55-42-29-33-45(34-30-42)56(46-35-38-54-52(39-46)51-23-13-14-24-53(51)57(54)43-15-5-1-6-16-43)44-31-25-40(26-32-44)41-27-36-50(37-28-41)58(47-17-7-2-8-18-47,48-19-9-3-10-20-48)49-21-11-4-12-22-49/h1-39H. The van der Waals surface area contributed by atoms with Gasteiger partial charge < -0.3 is 9.47 Å². The Morgan fingerprint density at radius 3 is 1.31 bits per heavy atom. The number of nitrogens with zero attached hydrogens (tertiary/aromatic N) is 2. The molecule has 0 atom stereocenters. The SMILES string of the molecule is Fc1ccc(N(c2ccc(-c3ccc([Si](c4ccccc4)(c4ccccc4)c4ccccc4)cc3)cc2)c2ccc3c(c2)c2ccccc2n3-c2ccccc2)cc1. The van der Waals surface area contributed by atoms with Crippen LogP contribution in [0.25, 0.3) is 38.6 Å². The van der Waals surface area contributed by atoms with Crippen LogP contribution < -0.4 is 25.6 Å². The van der Waals surface area contributed by atoms with Crippen molar-refractivity contribution in [3.05, 3.63) is 242 Å². The van der Waals surface area contributed by atoms with E-state index < -0.39 is 8.07 Å². The minimum absolute atomic E-state index is 0.261. The van der Waals surface area contributed by atoms with Crippen molar-refractivity contribution in [1.82, 2.24) is 4.57 Å². The number of fused-ring (bicyclic) bond motifs is 3. The molecule has 0 spiro atoms. The van der Waals surface area contributed by atoms with Gasteiger partial charge in [-0.15, -0.1) is 0 Å². The summed E-state index contributed by atoms with van der Waals surface area (Å²) in [5.74, 6) is -0.261. The summed E-state index contributed by atoms with van der Waals surface area (Å²) in [7, 11) is -2.62. The van der Waals surface area contributed by atoms with Crippen LogP contribution in [0.4, 0.5) is 21.5 Å². The van der Waals surface area contributed by atoms with E-state index in [0.29, 0.717) is 0 Å². The van der Waals surface area contributed by atoms with Crippen LogP contribution in [0.2, 0.25) is 0 Å². The largest absolute Gasteiger partial charge is 0.310 e. The van der Waals surface area contributed by atoms with E-state index in [1.807, 2.05) is 18.2 Å². The fourth-order valence-electron chi connectivity index (χ4n) is 8.77. The Balaban J connectivity index is 1.05. The molecule has 10 rings (SSSR count). The zero-order chi connectivity index (χ0) is 38.9. The van der Waals surface area contributed by atoms with Crippen molar-refractivity contribution in [3.8, 4) is 16.8 Å². The maximum atomic E-state index is 14.3. The van der Waals surface area contributed by atoms with Crippen molar-refractivity contribution in [3.63, 3.8) is 0 Å². The molecule has 0 aliphatic carbocycles. The van der Waals surface area contributed by atoms with Crippen LogP contribution in [0.15, 0.2) is 237 Å². The zero-order valence-corrected chi connectivity index (χ0v) is 32.8. The van der Waals surface area contributed by atoms with Gasteiger partial charge in [-0.1, -0.05) is 164 Å². The Morgan fingerprint density at radius 1 is 0.345 bits per heavy atom. The van der Waals surface area contributed by atoms with Gasteiger partial charge in [-0.25, -0.2) is 4.39 Å². The number of rotatable bonds is 9. The molecule has 0 unspecified atom stereocenters. The number of aromatic nitrogens is 1. The molecule has 0 N–H and O–H groups in total. The maximum absolute atomic E-state index is 14.3. The lowest BCUT2D eigenvalue weighted by Crippen LogP contribution is -2.74. The molecule has 0 amide bonds. The predicted molar refractivity (Wildman–Crippen MR) is 244 cm³/mol. The summed E-state index contributed by atoms with van der Waals surface area (Å²) in [5, 5.41) is 7.74. The summed E-state index contributed by atoms with van der Waals surface area (Å²) in [6.45, 7) is 0. The summed E-state index contributed by atoms with van der Waals surface area (Å²) in [6, 6.07) is 83.4. The van der Waals surface area contributed by atoms with Gasteiger partial charge in [-0.05, 0) is 105 Å². The van der Waals surface area contributed by atoms with Crippen LogP contribution >= 0.6 is 0 Å². The highest BCUT2D eigenvalue weighted by atomic mass is 28.3. The molecule has 10 aromatic rings. The highest BCUT2D eigenvalue weighted by molar-refractivity contribution is 7.19. The molecule has 1 aromatic heterocycles. The number of anilines is 3. The van der Waals surface area contributed by atoms with Crippen LogP contribution in [0.1, 0.15) is 0 Å². The van der Waals surface area contributed by atoms with Crippen molar-refractivity contribution < 1.29 is 4.39 Å². The van der Waals surface area contributed by atoms with Crippen molar-refractivity contribution >= 4 is 67.7 Å². The van der Waals surface area contributed by atoms with E-state index in [4.69, 9.17) is 0 Å². The van der Waals surface area contributed by atoms with Crippen molar-refractivity contribution in [1.29, 1.82) is 0 Å². The van der Waals surface area contributed by atoms with Crippen molar-refractivity contribution in [2.45, 2.75) is 0 Å². The fraction of sp³-hybridized carbons (Fsp3) is 0. The van der Waals surface area contributed by atoms with Gasteiger partial charge in [0.25, 0.3) is 0 Å². The normalized spacial score (nSPS) is 11.5. The average Bonchev–Trinajstić information content (AvgIpc) is 3.63. The van der Waals surface area contributed by atoms with Gasteiger partial charge >= 0.3 is 0 Å². The maximum Gasteiger partial charge on any atom is 0.179 e. The number of benzene rings is 9. The zero-order valence-electron chi connectivity index (χ0n) is 31.8. The van der Waals surface area contributed by atoms with Gasteiger partial charge in [0, 0.05) is 33.5 Å². The predicted octanol–water partition coefficient (Wildman–Crippen LogP) is 11.4. The van der Waals surface area contributed by atoms with Crippen molar-refractivity contribution in [2.75, 3.05) is 4.90 Å². The first-order chi connectivity index (χ1) is 28.7. The lowest BCUT2D eigenvalue weighted by molar-refractivity contribution is 0.628. The third kappa shape index (κ3) is 6.11. The Morgan fingerprint density at radius 2 is 0.759 bits per heavy atom. The summed E-state index contributed by atoms with van der Waals surface area (Å²) in [4.78, 5) is 2.21. The molecule has 0 radical (unpaired) electrons. The molecule has 58 heavy (non-hydrogen) atoms. The summed E-state index contributed by atoms with van der Waals surface area (Å²) in [5.41, 5.74) is 8.55. The topological polar surface area (TPSA) is 8.17 Å². The number of hydrogen-bond acceptors (Lipinski definition) is 1. The van der Waals surface area contributed by atoms with E-state index in [2.05, 4.69) is 216 Å². The second-order valence-electron chi connectivity index (χ2n) is 14.7. The van der Waals surface area contributed by atoms with Gasteiger partial charge in [0.05, 0.1) is 11.0 Å². The molecule has 0 fully saturated rings. The molecule has 276 valence electrons. The van der Waals surface area contributed by atoms with Gasteiger partial charge in [0.15, 0.2) is 8.07 Å². The minimum Gasteiger partial charge on any atom is -0.310 e. The van der Waals surface area contributed by atoms with E-state index in [9.17, 15) is 4.39 Å². The molecule has 2 nitrogen and oxygen atoms in total. The first-order valence-electron chi connectivity index (χ1n) is 19.7. The number of para-hydroxylation sites is 2. The Bertz CT molecular complexity index is 2870. The number of hydrogen-bond donors (Lipinski definition) is 0. The Hall–Kier alpha value is -7.27. The average molecular weight is 763 g/mol. The summed E-state index contributed by atoms with van der Waals surface area (Å²) >= 11 is 0. The molecule has 0 saturated carbocycles. The van der Waals surface area contributed by atoms with Crippen LogP contribution in [0.5, 0.6) is 0 Å². The van der Waals surface area contributed by atoms with E-state index in [1.165, 1.54) is 38.3 Å². The van der Waals surface area contributed by atoms with Crippen molar-refractivity contribution in [2.24, 2.45) is 0 Å². The first-order valence-corrected chi connectivity index (χ1v) is 21.7. The van der Waals surface area contributed by atoms with Gasteiger partial charge in [-0.3, -0.25) is 0 Å². The molecular weight excluding hydrogens is 724 g/mol. The second kappa shape index (κ2) is 15.0. The lowest BCUT2D eigenvalue weighted by atomic mass is 10.0. The molecule has 0 bridgehead atoms. The molecular formula is C54H39FN2Si. The van der Waals surface area contributed by atoms with Crippen LogP contribution in [-0.2, 0) is 0 Å². The first kappa shape index (κ1) is 35.2. The minimum atomic E-state index is -2.62. The van der Waals surface area contributed by atoms with Crippen LogP contribution in [-0.4, -0.2) is 12.6 Å². The van der Waals surface area contributed by atoms with E-state index in [1.54, 1.807) is 0 Å². The molecule has 1 heterocycles. The Labute approximate surface area is 339 Å². The third-order valence-corrected chi connectivity index (χ3v) is 16.2. The molecule has 9 aromatic carbocycles. The quantitative estimate of drug-likeness (QED) is 0.105. The van der Waals surface area contributed by atoms with Gasteiger partial charge in [0.1, 0.15) is 5.82 Å². The van der Waals surface area contributed by atoms with Gasteiger partial charge in [0.2, 0.25) is 0 Å². The number of halogens is 1. The smallest absolute Gasteiger partial charge is 0.179 e. The highest BCUT2D eigenvalue weighted by Crippen LogP contribution is 2.40. The molecule has 0 aliphatic heterocycles. The van der Waals surface area contributed by atoms with Crippen LogP contribution in [0.3, 0.4) is 0 Å². The second-order valence-corrected chi connectivity index (χ2v) is 18.5. The van der Waals surface area contributed by atoms with Crippen LogP contribution in [0, 0.1) is 5.82 Å². The van der Waals surface area contributed by atoms with E-state index in [0.717, 1.165) is 50.3 Å². The highest BCUT2D eigenvalue weighted by Gasteiger charge is 2.41. The molecule has 0 saturated heterocycles. The van der Waals surface area contributed by atoms with Gasteiger partial charge in [-0.2, -0.15) is 0 Å². The molecule has 0 aliphatic rings. The lowest BCUT2D eigenvalue weighted by Gasteiger charge is -2.34. The summed E-state index contributed by atoms with van der Waals surface area (Å²) in [6.07, 6.45) is 0. The van der Waals surface area contributed by atoms with E-state index >= 15 is 0 Å². The summed E-state index contributed by atoms with van der Waals surface area (Å²) < 4.78 is 16.6. The Kier molecular flexibility index (Phi) is 9.09. The third-order valence-electron chi connectivity index (χ3n) is 11.4. The molecule has 4 heteroatoms. The monoisotopic (exact) mass is 762 g/mol.